The Morgan fingerprint density at radius 2 is 1.94 bits per heavy atom. The van der Waals surface area contributed by atoms with Crippen molar-refractivity contribution in [1.29, 1.82) is 0 Å². The van der Waals surface area contributed by atoms with Gasteiger partial charge in [0.05, 0.1) is 23.0 Å². The number of rotatable bonds is 4. The second-order valence-corrected chi connectivity index (χ2v) is 7.55. The third-order valence-corrected chi connectivity index (χ3v) is 5.46. The molecule has 0 saturated carbocycles. The topological polar surface area (TPSA) is 107 Å². The van der Waals surface area contributed by atoms with Crippen LogP contribution in [0.25, 0.3) is 27.6 Å². The molecule has 6 rings (SSSR count). The van der Waals surface area contributed by atoms with E-state index in [2.05, 4.69) is 25.5 Å². The minimum Gasteiger partial charge on any atom is -0.486 e. The molecular formula is C23H17FN6O3. The Labute approximate surface area is 185 Å². The summed E-state index contributed by atoms with van der Waals surface area (Å²) in [7, 11) is 0. The molecule has 2 N–H and O–H groups in total. The van der Waals surface area contributed by atoms with Gasteiger partial charge in [0, 0.05) is 12.4 Å². The van der Waals surface area contributed by atoms with Crippen molar-refractivity contribution in [3.63, 3.8) is 0 Å². The fourth-order valence-electron chi connectivity index (χ4n) is 3.90. The number of H-pyrrole nitrogens is 1. The predicted molar refractivity (Wildman–Crippen MR) is 120 cm³/mol. The molecule has 0 spiro atoms. The number of hydrogen-bond donors (Lipinski definition) is 2. The molecule has 1 aliphatic rings. The summed E-state index contributed by atoms with van der Waals surface area (Å²) >= 11 is 0. The highest BCUT2D eigenvalue weighted by Gasteiger charge is 2.22. The van der Waals surface area contributed by atoms with E-state index in [1.54, 1.807) is 18.3 Å². The Balaban J connectivity index is 1.39. The maximum atomic E-state index is 14.6. The summed E-state index contributed by atoms with van der Waals surface area (Å²) in [5.41, 5.74) is 0.339. The Morgan fingerprint density at radius 1 is 1.12 bits per heavy atom. The van der Waals surface area contributed by atoms with Gasteiger partial charge in [-0.2, -0.15) is 10.1 Å². The predicted octanol–water partition coefficient (Wildman–Crippen LogP) is 3.05. The fourth-order valence-corrected chi connectivity index (χ4v) is 3.90. The average molecular weight is 444 g/mol. The van der Waals surface area contributed by atoms with Crippen LogP contribution in [-0.2, 0) is 0 Å². The molecule has 0 bridgehead atoms. The molecular weight excluding hydrogens is 427 g/mol. The van der Waals surface area contributed by atoms with Gasteiger partial charge in [-0.1, -0.05) is 24.3 Å². The second kappa shape index (κ2) is 7.59. The highest BCUT2D eigenvalue weighted by molar-refractivity contribution is 6.02. The maximum Gasteiger partial charge on any atom is 0.267 e. The Morgan fingerprint density at radius 3 is 2.82 bits per heavy atom. The van der Waals surface area contributed by atoms with Crippen LogP contribution in [0.2, 0.25) is 0 Å². The number of nitrogens with zero attached hydrogens (tertiary/aromatic N) is 4. The van der Waals surface area contributed by atoms with Crippen molar-refractivity contribution in [1.82, 2.24) is 24.7 Å². The van der Waals surface area contributed by atoms with E-state index in [1.807, 2.05) is 24.3 Å². The van der Waals surface area contributed by atoms with E-state index < -0.39 is 11.4 Å². The molecule has 33 heavy (non-hydrogen) atoms. The van der Waals surface area contributed by atoms with E-state index in [4.69, 9.17) is 9.47 Å². The lowest BCUT2D eigenvalue weighted by Crippen LogP contribution is -2.35. The van der Waals surface area contributed by atoms with Crippen LogP contribution in [0.3, 0.4) is 0 Å². The summed E-state index contributed by atoms with van der Waals surface area (Å²) in [6.07, 6.45) is 2.79. The minimum absolute atomic E-state index is 0.0980. The van der Waals surface area contributed by atoms with E-state index in [0.29, 0.717) is 40.9 Å². The zero-order valence-electron chi connectivity index (χ0n) is 17.2. The first-order valence-electron chi connectivity index (χ1n) is 10.3. The molecule has 0 saturated heterocycles. The van der Waals surface area contributed by atoms with Gasteiger partial charge in [0.15, 0.2) is 17.1 Å². The number of halogens is 1. The number of nitrogens with one attached hydrogen (secondary N) is 2. The largest absolute Gasteiger partial charge is 0.486 e. The average Bonchev–Trinajstić information content (AvgIpc) is 3.34. The van der Waals surface area contributed by atoms with Crippen LogP contribution in [0.5, 0.6) is 11.5 Å². The van der Waals surface area contributed by atoms with E-state index in [0.717, 1.165) is 0 Å². The molecule has 0 amide bonds. The molecule has 0 fully saturated rings. The molecule has 1 unspecified atom stereocenters. The van der Waals surface area contributed by atoms with Crippen LogP contribution in [0.15, 0.2) is 65.7 Å². The van der Waals surface area contributed by atoms with E-state index in [9.17, 15) is 9.18 Å². The highest BCUT2D eigenvalue weighted by Crippen LogP contribution is 2.31. The summed E-state index contributed by atoms with van der Waals surface area (Å²) in [5, 5.41) is 10.8. The van der Waals surface area contributed by atoms with Gasteiger partial charge in [0.2, 0.25) is 5.95 Å². The molecule has 3 aromatic heterocycles. The van der Waals surface area contributed by atoms with Crippen molar-refractivity contribution < 1.29 is 13.9 Å². The van der Waals surface area contributed by atoms with Gasteiger partial charge in [-0.05, 0) is 24.3 Å². The van der Waals surface area contributed by atoms with Gasteiger partial charge in [0.1, 0.15) is 24.0 Å². The first-order valence-corrected chi connectivity index (χ1v) is 10.3. The lowest BCUT2D eigenvalue weighted by molar-refractivity contribution is 0.0996. The summed E-state index contributed by atoms with van der Waals surface area (Å²) < 4.78 is 27.6. The monoisotopic (exact) mass is 444 g/mol. The minimum atomic E-state index is -0.539. The number of fused-ring (bicyclic) bond motifs is 4. The molecule has 0 radical (unpaired) electrons. The maximum absolute atomic E-state index is 14.6. The van der Waals surface area contributed by atoms with Crippen molar-refractivity contribution in [2.75, 3.05) is 18.5 Å². The van der Waals surface area contributed by atoms with Crippen molar-refractivity contribution in [2.24, 2.45) is 0 Å². The SMILES string of the molecule is O=c1c2c[nH]nc2c2cnc(NCC3COc4ccccc4O3)nc2n1-c1ccccc1F. The van der Waals surface area contributed by atoms with Crippen molar-refractivity contribution in [3.05, 3.63) is 77.1 Å². The number of pyridine rings is 1. The lowest BCUT2D eigenvalue weighted by Gasteiger charge is -2.26. The molecule has 9 nitrogen and oxygen atoms in total. The molecule has 4 heterocycles. The van der Waals surface area contributed by atoms with Gasteiger partial charge in [-0.25, -0.2) is 9.37 Å². The molecule has 0 aliphatic carbocycles. The first-order chi connectivity index (χ1) is 16.2. The summed E-state index contributed by atoms with van der Waals surface area (Å²) in [5.74, 6) is 1.10. The zero-order valence-corrected chi connectivity index (χ0v) is 17.2. The Kier molecular flexibility index (Phi) is 4.42. The lowest BCUT2D eigenvalue weighted by atomic mass is 10.2. The third-order valence-electron chi connectivity index (χ3n) is 5.46. The van der Waals surface area contributed by atoms with E-state index >= 15 is 0 Å². The number of para-hydroxylation sites is 3. The van der Waals surface area contributed by atoms with Crippen molar-refractivity contribution >= 4 is 27.9 Å². The van der Waals surface area contributed by atoms with Crippen molar-refractivity contribution in [3.8, 4) is 17.2 Å². The van der Waals surface area contributed by atoms with Crippen LogP contribution >= 0.6 is 0 Å². The van der Waals surface area contributed by atoms with Gasteiger partial charge in [-0.3, -0.25) is 14.5 Å². The number of benzene rings is 2. The first kappa shape index (κ1) is 19.2. The molecule has 2 aromatic carbocycles. The standard InChI is InChI=1S/C23H17FN6O3/c24-16-5-1-2-6-17(16)30-21-14(20-15(22(30)31)11-27-29-20)10-26-23(28-21)25-9-13-12-32-18-7-3-4-8-19(18)33-13/h1-8,10-11,13H,9,12H2,(H,27,29)(H,25,26,28). The molecule has 1 atom stereocenters. The molecule has 164 valence electrons. The Hall–Kier alpha value is -4.47. The van der Waals surface area contributed by atoms with Gasteiger partial charge < -0.3 is 14.8 Å². The number of anilines is 1. The van der Waals surface area contributed by atoms with Gasteiger partial charge in [0.25, 0.3) is 5.56 Å². The van der Waals surface area contributed by atoms with E-state index in [1.165, 1.54) is 22.9 Å². The Bertz CT molecular complexity index is 1560. The summed E-state index contributed by atoms with van der Waals surface area (Å²) in [4.78, 5) is 22.1. The number of aromatic nitrogens is 5. The van der Waals surface area contributed by atoms with Crippen LogP contribution < -0.4 is 20.3 Å². The normalized spacial score (nSPS) is 15.1. The molecule has 1 aliphatic heterocycles. The van der Waals surface area contributed by atoms with Crippen LogP contribution in [0, 0.1) is 5.82 Å². The fraction of sp³-hybridized carbons (Fsp3) is 0.130. The highest BCUT2D eigenvalue weighted by atomic mass is 19.1. The second-order valence-electron chi connectivity index (χ2n) is 7.55. The van der Waals surface area contributed by atoms with Crippen LogP contribution in [0.4, 0.5) is 10.3 Å². The summed E-state index contributed by atoms with van der Waals surface area (Å²) in [6.45, 7) is 0.736. The zero-order chi connectivity index (χ0) is 22.4. The van der Waals surface area contributed by atoms with E-state index in [-0.39, 0.29) is 23.4 Å². The third kappa shape index (κ3) is 3.23. The number of aromatic amines is 1. The van der Waals surface area contributed by atoms with Gasteiger partial charge in [-0.15, -0.1) is 0 Å². The quantitative estimate of drug-likeness (QED) is 0.439. The smallest absolute Gasteiger partial charge is 0.267 e. The number of hydrogen-bond acceptors (Lipinski definition) is 7. The van der Waals surface area contributed by atoms with Gasteiger partial charge >= 0.3 is 0 Å². The van der Waals surface area contributed by atoms with Crippen molar-refractivity contribution in [2.45, 2.75) is 6.10 Å². The number of ether oxygens (including phenoxy) is 2. The van der Waals surface area contributed by atoms with Crippen LogP contribution in [0.1, 0.15) is 0 Å². The molecule has 5 aromatic rings. The summed E-state index contributed by atoms with van der Waals surface area (Å²) in [6, 6.07) is 13.5. The van der Waals surface area contributed by atoms with Crippen LogP contribution in [-0.4, -0.2) is 44.0 Å². The molecule has 10 heteroatoms.